The fourth-order valence-electron chi connectivity index (χ4n) is 1.85. The van der Waals surface area contributed by atoms with E-state index in [9.17, 15) is 4.79 Å². The number of rotatable bonds is 6. The number of benzene rings is 1. The molecule has 0 saturated heterocycles. The van der Waals surface area contributed by atoms with E-state index in [1.54, 1.807) is 6.07 Å². The lowest BCUT2D eigenvalue weighted by molar-refractivity contribution is 0.101. The minimum absolute atomic E-state index is 0.0246. The van der Waals surface area contributed by atoms with Crippen LogP contribution in [-0.4, -0.2) is 15.9 Å². The Morgan fingerprint density at radius 2 is 2.20 bits per heavy atom. The van der Waals surface area contributed by atoms with Crippen LogP contribution in [0, 0.1) is 6.92 Å². The molecule has 0 radical (unpaired) electrons. The van der Waals surface area contributed by atoms with Crippen LogP contribution in [-0.2, 0) is 13.0 Å². The van der Waals surface area contributed by atoms with Crippen LogP contribution in [0.4, 0.5) is 0 Å². The van der Waals surface area contributed by atoms with Crippen LogP contribution in [0.3, 0.4) is 0 Å². The maximum Gasteiger partial charge on any atom is 0.226 e. The number of ether oxygens (including phenoxy) is 1. The molecule has 0 spiro atoms. The van der Waals surface area contributed by atoms with E-state index >= 15 is 0 Å². The lowest BCUT2D eigenvalue weighted by Crippen LogP contribution is -2.03. The van der Waals surface area contributed by atoms with Crippen LogP contribution in [0.5, 0.6) is 5.75 Å². The zero-order chi connectivity index (χ0) is 14.5. The third-order valence-electron chi connectivity index (χ3n) is 2.85. The summed E-state index contributed by atoms with van der Waals surface area (Å²) in [4.78, 5) is 15.8. The molecule has 0 unspecified atom stereocenters. The summed E-state index contributed by atoms with van der Waals surface area (Å²) >= 11 is 0. The van der Waals surface area contributed by atoms with Crippen molar-refractivity contribution in [3.8, 4) is 5.75 Å². The fourth-order valence-corrected chi connectivity index (χ4v) is 1.85. The van der Waals surface area contributed by atoms with Gasteiger partial charge in [0.05, 0.1) is 5.56 Å². The summed E-state index contributed by atoms with van der Waals surface area (Å²) in [5.74, 6) is 1.62. The standard InChI is InChI=1S/C15H18N2O3/c1-4-5-15-16-14(17-20-15)9-19-13-7-6-10(2)8-12(13)11(3)18/h6-8H,4-5,9H2,1-3H3. The van der Waals surface area contributed by atoms with Crippen molar-refractivity contribution < 1.29 is 14.1 Å². The Kier molecular flexibility index (Phi) is 4.50. The lowest BCUT2D eigenvalue weighted by Gasteiger charge is -2.08. The molecule has 1 aromatic carbocycles. The van der Waals surface area contributed by atoms with Gasteiger partial charge in [0.15, 0.2) is 12.4 Å². The molecule has 5 heteroatoms. The largest absolute Gasteiger partial charge is 0.485 e. The van der Waals surface area contributed by atoms with E-state index in [-0.39, 0.29) is 12.4 Å². The molecule has 0 aliphatic rings. The van der Waals surface area contributed by atoms with Crippen LogP contribution in [0.15, 0.2) is 22.7 Å². The van der Waals surface area contributed by atoms with Gasteiger partial charge >= 0.3 is 0 Å². The van der Waals surface area contributed by atoms with E-state index in [1.807, 2.05) is 26.0 Å². The second-order valence-electron chi connectivity index (χ2n) is 4.70. The van der Waals surface area contributed by atoms with E-state index < -0.39 is 0 Å². The number of hydrogen-bond acceptors (Lipinski definition) is 5. The van der Waals surface area contributed by atoms with Gasteiger partial charge in [-0.15, -0.1) is 0 Å². The zero-order valence-electron chi connectivity index (χ0n) is 12.0. The third kappa shape index (κ3) is 3.44. The molecule has 0 aliphatic carbocycles. The molecule has 0 saturated carbocycles. The Labute approximate surface area is 118 Å². The smallest absolute Gasteiger partial charge is 0.226 e. The van der Waals surface area contributed by atoms with Gasteiger partial charge in [-0.3, -0.25) is 4.79 Å². The first kappa shape index (κ1) is 14.2. The molecule has 5 nitrogen and oxygen atoms in total. The number of carbonyl (C=O) groups excluding carboxylic acids is 1. The first-order chi connectivity index (χ1) is 9.60. The van der Waals surface area contributed by atoms with Gasteiger partial charge in [-0.05, 0) is 32.4 Å². The summed E-state index contributed by atoms with van der Waals surface area (Å²) in [6.45, 7) is 5.70. The van der Waals surface area contributed by atoms with Crippen LogP contribution >= 0.6 is 0 Å². The van der Waals surface area contributed by atoms with Crippen molar-refractivity contribution >= 4 is 5.78 Å². The number of aryl methyl sites for hydroxylation is 2. The monoisotopic (exact) mass is 274 g/mol. The van der Waals surface area contributed by atoms with Gasteiger partial charge in [0.1, 0.15) is 5.75 Å². The van der Waals surface area contributed by atoms with Crippen molar-refractivity contribution in [3.05, 3.63) is 41.0 Å². The molecule has 0 amide bonds. The molecule has 0 bridgehead atoms. The van der Waals surface area contributed by atoms with Gasteiger partial charge in [0.25, 0.3) is 0 Å². The van der Waals surface area contributed by atoms with Crippen molar-refractivity contribution in [1.82, 2.24) is 10.1 Å². The Balaban J connectivity index is 2.08. The predicted octanol–water partition coefficient (Wildman–Crippen LogP) is 3.11. The number of carbonyl (C=O) groups is 1. The second-order valence-corrected chi connectivity index (χ2v) is 4.70. The highest BCUT2D eigenvalue weighted by Gasteiger charge is 2.11. The van der Waals surface area contributed by atoms with E-state index in [4.69, 9.17) is 9.26 Å². The quantitative estimate of drug-likeness (QED) is 0.757. The summed E-state index contributed by atoms with van der Waals surface area (Å²) in [7, 11) is 0. The Morgan fingerprint density at radius 3 is 2.90 bits per heavy atom. The molecule has 0 atom stereocenters. The normalized spacial score (nSPS) is 10.6. The Morgan fingerprint density at radius 1 is 1.40 bits per heavy atom. The molecule has 1 heterocycles. The van der Waals surface area contributed by atoms with Gasteiger partial charge in [0.2, 0.25) is 11.7 Å². The molecule has 2 aromatic rings. The van der Waals surface area contributed by atoms with Crippen LogP contribution < -0.4 is 4.74 Å². The highest BCUT2D eigenvalue weighted by Crippen LogP contribution is 2.21. The lowest BCUT2D eigenvalue weighted by atomic mass is 10.1. The molecular weight excluding hydrogens is 256 g/mol. The zero-order valence-corrected chi connectivity index (χ0v) is 12.0. The molecule has 106 valence electrons. The average Bonchev–Trinajstić information content (AvgIpc) is 2.85. The highest BCUT2D eigenvalue weighted by molar-refractivity contribution is 5.97. The number of hydrogen-bond donors (Lipinski definition) is 0. The molecule has 2 rings (SSSR count). The molecule has 0 fully saturated rings. The van der Waals surface area contributed by atoms with Crippen molar-refractivity contribution in [1.29, 1.82) is 0 Å². The summed E-state index contributed by atoms with van der Waals surface area (Å²) in [6, 6.07) is 5.51. The van der Waals surface area contributed by atoms with E-state index in [2.05, 4.69) is 10.1 Å². The van der Waals surface area contributed by atoms with Gasteiger partial charge < -0.3 is 9.26 Å². The number of Topliss-reactive ketones (excluding diaryl/α,β-unsaturated/α-hetero) is 1. The third-order valence-corrected chi connectivity index (χ3v) is 2.85. The van der Waals surface area contributed by atoms with Gasteiger partial charge in [-0.1, -0.05) is 23.7 Å². The van der Waals surface area contributed by atoms with Crippen LogP contribution in [0.2, 0.25) is 0 Å². The number of nitrogens with zero attached hydrogens (tertiary/aromatic N) is 2. The molecule has 1 aromatic heterocycles. The first-order valence-corrected chi connectivity index (χ1v) is 6.66. The van der Waals surface area contributed by atoms with Crippen molar-refractivity contribution in [2.75, 3.05) is 0 Å². The highest BCUT2D eigenvalue weighted by atomic mass is 16.5. The number of aromatic nitrogens is 2. The van der Waals surface area contributed by atoms with Gasteiger partial charge in [0, 0.05) is 6.42 Å². The Hall–Kier alpha value is -2.17. The fraction of sp³-hybridized carbons (Fsp3) is 0.400. The minimum Gasteiger partial charge on any atom is -0.485 e. The molecule has 0 aliphatic heterocycles. The summed E-state index contributed by atoms with van der Waals surface area (Å²) in [5.41, 5.74) is 1.59. The second kappa shape index (κ2) is 6.32. The average molecular weight is 274 g/mol. The maximum atomic E-state index is 11.6. The minimum atomic E-state index is -0.0246. The molecular formula is C15H18N2O3. The van der Waals surface area contributed by atoms with Crippen molar-refractivity contribution in [3.63, 3.8) is 0 Å². The van der Waals surface area contributed by atoms with E-state index in [1.165, 1.54) is 6.92 Å². The van der Waals surface area contributed by atoms with Gasteiger partial charge in [-0.25, -0.2) is 0 Å². The van der Waals surface area contributed by atoms with Crippen LogP contribution in [0.1, 0.15) is 47.9 Å². The van der Waals surface area contributed by atoms with Crippen molar-refractivity contribution in [2.45, 2.75) is 40.2 Å². The van der Waals surface area contributed by atoms with Crippen LogP contribution in [0.25, 0.3) is 0 Å². The molecule has 20 heavy (non-hydrogen) atoms. The summed E-state index contributed by atoms with van der Waals surface area (Å²) < 4.78 is 10.7. The summed E-state index contributed by atoms with van der Waals surface area (Å²) in [5, 5.41) is 3.85. The van der Waals surface area contributed by atoms with E-state index in [0.29, 0.717) is 23.0 Å². The SMILES string of the molecule is CCCc1nc(COc2ccc(C)cc2C(C)=O)no1. The predicted molar refractivity (Wildman–Crippen MR) is 73.8 cm³/mol. The maximum absolute atomic E-state index is 11.6. The Bertz CT molecular complexity index is 605. The topological polar surface area (TPSA) is 65.2 Å². The van der Waals surface area contributed by atoms with Gasteiger partial charge in [-0.2, -0.15) is 4.98 Å². The van der Waals surface area contributed by atoms with Crippen molar-refractivity contribution in [2.24, 2.45) is 0 Å². The number of ketones is 1. The van der Waals surface area contributed by atoms with E-state index in [0.717, 1.165) is 18.4 Å². The first-order valence-electron chi connectivity index (χ1n) is 6.66. The summed E-state index contributed by atoms with van der Waals surface area (Å²) in [6.07, 6.45) is 1.71. The molecule has 0 N–H and O–H groups in total.